The Morgan fingerprint density at radius 1 is 1.12 bits per heavy atom. The largest absolute Gasteiger partial charge is 0.444 e. The van der Waals surface area contributed by atoms with E-state index in [1.54, 1.807) is 38.1 Å². The highest BCUT2D eigenvalue weighted by molar-refractivity contribution is 6.35. The summed E-state index contributed by atoms with van der Waals surface area (Å²) in [7, 11) is 0. The summed E-state index contributed by atoms with van der Waals surface area (Å²) >= 11 is 6.34. The zero-order valence-corrected chi connectivity index (χ0v) is 24.0. The Balaban J connectivity index is 1.59. The summed E-state index contributed by atoms with van der Waals surface area (Å²) in [5.74, 6) is -1.40. The number of carbonyl (C=O) groups excluding carboxylic acids is 2. The molecule has 0 aliphatic carbocycles. The number of H-pyrrole nitrogens is 1. The molecule has 2 amide bonds. The molecular formula is C29H32ClF3N4O4. The Labute approximate surface area is 240 Å². The van der Waals surface area contributed by atoms with Gasteiger partial charge in [-0.15, -0.1) is 0 Å². The molecule has 1 fully saturated rings. The number of aromatic nitrogens is 2. The average Bonchev–Trinajstić information content (AvgIpc) is 3.52. The van der Waals surface area contributed by atoms with Crippen LogP contribution in [0.4, 0.5) is 18.0 Å². The number of halogens is 4. The number of fused-ring (bicyclic) bond motifs is 2. The summed E-state index contributed by atoms with van der Waals surface area (Å²) in [6.07, 6.45) is -0.646. The van der Waals surface area contributed by atoms with Crippen LogP contribution in [0.3, 0.4) is 0 Å². The normalized spacial score (nSPS) is 19.3. The third-order valence-corrected chi connectivity index (χ3v) is 8.00. The van der Waals surface area contributed by atoms with E-state index in [4.69, 9.17) is 16.3 Å². The number of likely N-dealkylation sites (tertiary alicyclic amines) is 1. The van der Waals surface area contributed by atoms with E-state index in [-0.39, 0.29) is 19.5 Å². The van der Waals surface area contributed by atoms with E-state index in [1.807, 2.05) is 18.2 Å². The quantitative estimate of drug-likeness (QED) is 0.380. The van der Waals surface area contributed by atoms with E-state index in [2.05, 4.69) is 9.97 Å². The van der Waals surface area contributed by atoms with Crippen LogP contribution in [-0.4, -0.2) is 67.3 Å². The molecule has 8 nitrogen and oxygen atoms in total. The average molecular weight is 593 g/mol. The maximum atomic E-state index is 13.5. The number of aliphatic hydroxyl groups is 1. The Hall–Kier alpha value is -3.31. The standard InChI is InChI=1S/C29H32ClF3N4O4/c1-27(2,3)41-26(39)37-8-5-6-23(37)19-11-17(18-12-20-22(30)14-35-24(20)34-13-18)10-16-7-9-36(15-21(16)19)25(38)28(4,40)29(31,32)33/h10-14,23,40H,5-9,15H2,1-4H3,(H,34,35). The molecule has 1 saturated heterocycles. The molecule has 2 aliphatic rings. The van der Waals surface area contributed by atoms with Crippen LogP contribution in [0, 0.1) is 0 Å². The number of pyridine rings is 1. The molecule has 2 N–H and O–H groups in total. The van der Waals surface area contributed by atoms with Crippen molar-refractivity contribution < 1.29 is 32.6 Å². The molecule has 0 spiro atoms. The van der Waals surface area contributed by atoms with Gasteiger partial charge in [0.2, 0.25) is 5.60 Å². The van der Waals surface area contributed by atoms with Crippen molar-refractivity contribution in [1.29, 1.82) is 0 Å². The van der Waals surface area contributed by atoms with Crippen LogP contribution in [0.1, 0.15) is 63.3 Å². The lowest BCUT2D eigenvalue weighted by atomic mass is 9.86. The number of carbonyl (C=O) groups is 2. The maximum absolute atomic E-state index is 13.5. The number of nitrogens with one attached hydrogen (secondary N) is 1. The molecule has 3 aromatic rings. The fourth-order valence-corrected chi connectivity index (χ4v) is 5.72. The second kappa shape index (κ2) is 10.2. The number of rotatable bonds is 3. The molecule has 4 heterocycles. The number of benzene rings is 1. The highest BCUT2D eigenvalue weighted by Gasteiger charge is 2.57. The van der Waals surface area contributed by atoms with Crippen LogP contribution in [-0.2, 0) is 22.5 Å². The molecular weight excluding hydrogens is 561 g/mol. The van der Waals surface area contributed by atoms with Gasteiger partial charge in [0.15, 0.2) is 0 Å². The van der Waals surface area contributed by atoms with Crippen molar-refractivity contribution >= 4 is 34.6 Å². The first-order chi connectivity index (χ1) is 19.1. The van der Waals surface area contributed by atoms with E-state index >= 15 is 0 Å². The molecule has 220 valence electrons. The Kier molecular flexibility index (Phi) is 7.26. The summed E-state index contributed by atoms with van der Waals surface area (Å²) < 4.78 is 46.2. The van der Waals surface area contributed by atoms with Gasteiger partial charge >= 0.3 is 12.3 Å². The van der Waals surface area contributed by atoms with Crippen molar-refractivity contribution in [2.24, 2.45) is 0 Å². The first-order valence-corrected chi connectivity index (χ1v) is 13.8. The Morgan fingerprint density at radius 2 is 1.85 bits per heavy atom. The second-order valence-electron chi connectivity index (χ2n) is 11.8. The lowest BCUT2D eigenvalue weighted by Gasteiger charge is -2.37. The summed E-state index contributed by atoms with van der Waals surface area (Å²) in [4.78, 5) is 36.3. The van der Waals surface area contributed by atoms with Gasteiger partial charge in [0.1, 0.15) is 11.2 Å². The van der Waals surface area contributed by atoms with Crippen LogP contribution >= 0.6 is 11.6 Å². The molecule has 0 saturated carbocycles. The van der Waals surface area contributed by atoms with Crippen LogP contribution in [0.5, 0.6) is 0 Å². The number of alkyl halides is 3. The number of aromatic amines is 1. The molecule has 2 atom stereocenters. The number of hydrogen-bond donors (Lipinski definition) is 2. The fraction of sp³-hybridized carbons (Fsp3) is 0.483. The lowest BCUT2D eigenvalue weighted by Crippen LogP contribution is -2.56. The zero-order valence-electron chi connectivity index (χ0n) is 23.2. The first kappa shape index (κ1) is 29.2. The third kappa shape index (κ3) is 5.49. The van der Waals surface area contributed by atoms with Crippen molar-refractivity contribution in [3.05, 3.63) is 52.3 Å². The Bertz CT molecular complexity index is 1510. The van der Waals surface area contributed by atoms with Gasteiger partial charge in [-0.1, -0.05) is 17.7 Å². The van der Waals surface area contributed by atoms with Gasteiger partial charge in [0, 0.05) is 43.0 Å². The van der Waals surface area contributed by atoms with Crippen LogP contribution in [0.15, 0.2) is 30.6 Å². The van der Waals surface area contributed by atoms with Crippen LogP contribution < -0.4 is 0 Å². The predicted molar refractivity (Wildman–Crippen MR) is 147 cm³/mol. The van der Waals surface area contributed by atoms with E-state index < -0.39 is 35.4 Å². The summed E-state index contributed by atoms with van der Waals surface area (Å²) in [6, 6.07) is 5.35. The fourth-order valence-electron chi connectivity index (χ4n) is 5.52. The van der Waals surface area contributed by atoms with E-state index in [0.717, 1.165) is 32.5 Å². The molecule has 1 aromatic carbocycles. The molecule has 0 radical (unpaired) electrons. The predicted octanol–water partition coefficient (Wildman–Crippen LogP) is 6.15. The van der Waals surface area contributed by atoms with Gasteiger partial charge in [-0.2, -0.15) is 13.2 Å². The van der Waals surface area contributed by atoms with Gasteiger partial charge in [-0.05, 0) is 81.3 Å². The van der Waals surface area contributed by atoms with Crippen LogP contribution in [0.25, 0.3) is 22.2 Å². The van der Waals surface area contributed by atoms with Crippen molar-refractivity contribution in [2.45, 2.75) is 76.9 Å². The third-order valence-electron chi connectivity index (χ3n) is 7.69. The molecule has 2 aromatic heterocycles. The van der Waals surface area contributed by atoms with E-state index in [9.17, 15) is 27.9 Å². The molecule has 2 aliphatic heterocycles. The number of hydrogen-bond acceptors (Lipinski definition) is 5. The lowest BCUT2D eigenvalue weighted by molar-refractivity contribution is -0.250. The summed E-state index contributed by atoms with van der Waals surface area (Å²) in [5.41, 5.74) is 0.239. The van der Waals surface area contributed by atoms with E-state index in [0.29, 0.717) is 42.5 Å². The van der Waals surface area contributed by atoms with Gasteiger partial charge < -0.3 is 24.6 Å². The monoisotopic (exact) mass is 592 g/mol. The van der Waals surface area contributed by atoms with Crippen molar-refractivity contribution in [3.8, 4) is 11.1 Å². The van der Waals surface area contributed by atoms with Gasteiger partial charge in [0.25, 0.3) is 5.91 Å². The van der Waals surface area contributed by atoms with Gasteiger partial charge in [0.05, 0.1) is 11.1 Å². The van der Waals surface area contributed by atoms with Crippen LogP contribution in [0.2, 0.25) is 5.02 Å². The molecule has 12 heteroatoms. The topological polar surface area (TPSA) is 98.8 Å². The minimum atomic E-state index is -5.12. The number of amides is 2. The maximum Gasteiger partial charge on any atom is 0.426 e. The molecule has 41 heavy (non-hydrogen) atoms. The van der Waals surface area contributed by atoms with E-state index in [1.165, 1.54) is 0 Å². The first-order valence-electron chi connectivity index (χ1n) is 13.4. The van der Waals surface area contributed by atoms with Crippen molar-refractivity contribution in [3.63, 3.8) is 0 Å². The van der Waals surface area contributed by atoms with Gasteiger partial charge in [-0.25, -0.2) is 9.78 Å². The highest BCUT2D eigenvalue weighted by atomic mass is 35.5. The summed E-state index contributed by atoms with van der Waals surface area (Å²) in [6.45, 7) is 6.15. The van der Waals surface area contributed by atoms with Gasteiger partial charge in [-0.3, -0.25) is 4.79 Å². The number of nitrogens with zero attached hydrogens (tertiary/aromatic N) is 3. The van der Waals surface area contributed by atoms with Crippen molar-refractivity contribution in [2.75, 3.05) is 13.1 Å². The number of ether oxygens (including phenoxy) is 1. The van der Waals surface area contributed by atoms with Crippen molar-refractivity contribution in [1.82, 2.24) is 19.8 Å². The molecule has 0 bridgehead atoms. The Morgan fingerprint density at radius 3 is 2.54 bits per heavy atom. The smallest absolute Gasteiger partial charge is 0.426 e. The zero-order chi connectivity index (χ0) is 29.9. The minimum absolute atomic E-state index is 0.00231. The molecule has 2 unspecified atom stereocenters. The highest BCUT2D eigenvalue weighted by Crippen LogP contribution is 2.41. The minimum Gasteiger partial charge on any atom is -0.444 e. The second-order valence-corrected chi connectivity index (χ2v) is 12.2. The molecule has 5 rings (SSSR count). The SMILES string of the molecule is CC(C)(C)OC(=O)N1CCCC1c1cc(-c2cnc3[nH]cc(Cl)c3c2)cc2c1CN(C(=O)C(C)(O)C(F)(F)F)CC2. The summed E-state index contributed by atoms with van der Waals surface area (Å²) in [5, 5.41) is 11.4.